The Morgan fingerprint density at radius 2 is 1.90 bits per heavy atom. The summed E-state index contributed by atoms with van der Waals surface area (Å²) in [6.45, 7) is 1.27. The van der Waals surface area contributed by atoms with Crippen LogP contribution in [-0.4, -0.2) is 34.5 Å². The summed E-state index contributed by atoms with van der Waals surface area (Å²) in [4.78, 5) is 35.4. The van der Waals surface area contributed by atoms with Crippen molar-refractivity contribution in [3.8, 4) is 0 Å². The van der Waals surface area contributed by atoms with Crippen LogP contribution in [0.5, 0.6) is 0 Å². The second kappa shape index (κ2) is 6.11. The van der Waals surface area contributed by atoms with Crippen molar-refractivity contribution in [3.05, 3.63) is 35.4 Å². The predicted molar refractivity (Wildman–Crippen MR) is 76.8 cm³/mol. The fraction of sp³-hybridized carbons (Fsp3) is 0.308. The number of nitrogens with two attached hydrogens (primary N) is 1. The van der Waals surface area contributed by atoms with E-state index in [4.69, 9.17) is 10.8 Å². The maximum absolute atomic E-state index is 12.3. The fourth-order valence-electron chi connectivity index (χ4n) is 2.15. The van der Waals surface area contributed by atoms with Crippen molar-refractivity contribution in [3.63, 3.8) is 0 Å². The number of carbonyl (C=O) groups excluding carboxylic acids is 2. The zero-order valence-electron chi connectivity index (χ0n) is 11.3. The van der Waals surface area contributed by atoms with Gasteiger partial charge in [0.1, 0.15) is 12.1 Å². The number of carbonyl (C=O) groups is 3. The second-order valence-corrected chi connectivity index (χ2v) is 4.74. The molecule has 0 radical (unpaired) electrons. The summed E-state index contributed by atoms with van der Waals surface area (Å²) in [5, 5.41) is 11.3. The Morgan fingerprint density at radius 1 is 1.33 bits per heavy atom. The van der Waals surface area contributed by atoms with Gasteiger partial charge in [0.25, 0.3) is 5.91 Å². The Labute approximate surface area is 127 Å². The molecule has 0 aliphatic carbocycles. The number of amides is 3. The van der Waals surface area contributed by atoms with E-state index < -0.39 is 30.0 Å². The van der Waals surface area contributed by atoms with Crippen LogP contribution in [0.2, 0.25) is 0 Å². The van der Waals surface area contributed by atoms with E-state index in [2.05, 4.69) is 5.32 Å². The summed E-state index contributed by atoms with van der Waals surface area (Å²) in [6, 6.07) is 6.22. The van der Waals surface area contributed by atoms with Gasteiger partial charge in [0.05, 0.1) is 0 Å². The molecule has 7 nitrogen and oxygen atoms in total. The van der Waals surface area contributed by atoms with Crippen molar-refractivity contribution in [2.45, 2.75) is 19.0 Å². The van der Waals surface area contributed by atoms with Crippen molar-refractivity contribution in [2.75, 3.05) is 6.54 Å². The summed E-state index contributed by atoms with van der Waals surface area (Å²) in [5.41, 5.74) is 5.74. The van der Waals surface area contributed by atoms with Gasteiger partial charge < -0.3 is 16.2 Å². The number of halogens is 1. The molecule has 1 fully saturated rings. The largest absolute Gasteiger partial charge is 0.480 e. The number of benzene rings is 1. The minimum absolute atomic E-state index is 0. The number of carboxylic acid groups (broad SMARTS) is 1. The van der Waals surface area contributed by atoms with Crippen LogP contribution in [0.1, 0.15) is 18.1 Å². The average molecular weight is 314 g/mol. The zero-order chi connectivity index (χ0) is 14.9. The Morgan fingerprint density at radius 3 is 2.38 bits per heavy atom. The van der Waals surface area contributed by atoms with Gasteiger partial charge >= 0.3 is 12.0 Å². The number of hydrogen-bond acceptors (Lipinski definition) is 4. The normalized spacial score (nSPS) is 21.0. The highest BCUT2D eigenvalue weighted by Gasteiger charge is 2.49. The molecule has 1 aliphatic heterocycles. The molecular weight excluding hydrogens is 298 g/mol. The first-order chi connectivity index (χ1) is 9.38. The molecule has 21 heavy (non-hydrogen) atoms. The first kappa shape index (κ1) is 16.9. The zero-order valence-corrected chi connectivity index (χ0v) is 12.1. The van der Waals surface area contributed by atoms with Crippen molar-refractivity contribution in [1.82, 2.24) is 10.2 Å². The van der Waals surface area contributed by atoms with E-state index in [0.717, 1.165) is 5.56 Å². The Hall–Kier alpha value is -2.12. The summed E-state index contributed by atoms with van der Waals surface area (Å²) < 4.78 is 0. The Kier molecular flexibility index (Phi) is 4.93. The number of rotatable bonds is 4. The SMILES string of the molecule is C[C@]1(c2ccc(CN)cc2)NC(=O)N(CC(=O)O)C1=O.Cl. The Bertz CT molecular complexity index is 575. The molecule has 0 saturated carbocycles. The number of hydrogen-bond donors (Lipinski definition) is 3. The van der Waals surface area contributed by atoms with Crippen LogP contribution in [0.4, 0.5) is 4.79 Å². The number of imide groups is 1. The minimum Gasteiger partial charge on any atom is -0.480 e. The van der Waals surface area contributed by atoms with Crippen molar-refractivity contribution < 1.29 is 19.5 Å². The average Bonchev–Trinajstić information content (AvgIpc) is 2.63. The molecule has 0 unspecified atom stereocenters. The fourth-order valence-corrected chi connectivity index (χ4v) is 2.15. The lowest BCUT2D eigenvalue weighted by Crippen LogP contribution is -2.41. The van der Waals surface area contributed by atoms with Gasteiger partial charge in [-0.3, -0.25) is 14.5 Å². The van der Waals surface area contributed by atoms with Crippen molar-refractivity contribution in [2.24, 2.45) is 5.73 Å². The van der Waals surface area contributed by atoms with Gasteiger partial charge in [-0.15, -0.1) is 12.4 Å². The first-order valence-electron chi connectivity index (χ1n) is 6.04. The molecule has 8 heteroatoms. The van der Waals surface area contributed by atoms with Crippen molar-refractivity contribution in [1.29, 1.82) is 0 Å². The molecule has 114 valence electrons. The monoisotopic (exact) mass is 313 g/mol. The minimum atomic E-state index is -1.25. The van der Waals surface area contributed by atoms with Crippen molar-refractivity contribution >= 4 is 30.3 Å². The molecule has 4 N–H and O–H groups in total. The Balaban J connectivity index is 0.00000220. The molecule has 1 aromatic carbocycles. The highest BCUT2D eigenvalue weighted by molar-refractivity contribution is 6.08. The summed E-state index contributed by atoms with van der Waals surface area (Å²) in [5.74, 6) is -1.82. The van der Waals surface area contributed by atoms with Crippen LogP contribution in [0.25, 0.3) is 0 Å². The molecule has 1 saturated heterocycles. The van der Waals surface area contributed by atoms with Crippen LogP contribution < -0.4 is 11.1 Å². The highest BCUT2D eigenvalue weighted by Crippen LogP contribution is 2.28. The van der Waals surface area contributed by atoms with E-state index in [1.54, 1.807) is 31.2 Å². The highest BCUT2D eigenvalue weighted by atomic mass is 35.5. The molecule has 1 heterocycles. The van der Waals surface area contributed by atoms with Gasteiger partial charge in [-0.2, -0.15) is 0 Å². The topological polar surface area (TPSA) is 113 Å². The van der Waals surface area contributed by atoms with E-state index in [0.29, 0.717) is 17.0 Å². The van der Waals surface area contributed by atoms with Crippen LogP contribution in [0.3, 0.4) is 0 Å². The molecule has 2 rings (SSSR count). The molecular formula is C13H16ClN3O4. The molecule has 0 spiro atoms. The van der Waals surface area contributed by atoms with Gasteiger partial charge in [0, 0.05) is 6.54 Å². The summed E-state index contributed by atoms with van der Waals surface area (Å²) in [6.07, 6.45) is 0. The number of nitrogens with one attached hydrogen (secondary N) is 1. The van der Waals surface area contributed by atoms with E-state index >= 15 is 0 Å². The summed E-state index contributed by atoms with van der Waals surface area (Å²) >= 11 is 0. The molecule has 0 aromatic heterocycles. The lowest BCUT2D eigenvalue weighted by Gasteiger charge is -2.22. The number of carboxylic acids is 1. The standard InChI is InChI=1S/C13H15N3O4.ClH/c1-13(9-4-2-8(6-14)3-5-9)11(19)16(7-10(17)18)12(20)15-13;/h2-5H,6-7,14H2,1H3,(H,15,20)(H,17,18);1H/t13-;/m1./s1. The van der Waals surface area contributed by atoms with Crippen LogP contribution in [0.15, 0.2) is 24.3 Å². The van der Waals surface area contributed by atoms with Gasteiger partial charge in [-0.1, -0.05) is 24.3 Å². The van der Waals surface area contributed by atoms with E-state index in [9.17, 15) is 14.4 Å². The second-order valence-electron chi connectivity index (χ2n) is 4.74. The number of aliphatic carboxylic acids is 1. The lowest BCUT2D eigenvalue weighted by atomic mass is 9.91. The number of urea groups is 1. The van der Waals surface area contributed by atoms with Gasteiger partial charge in [0.15, 0.2) is 0 Å². The molecule has 3 amide bonds. The third-order valence-electron chi connectivity index (χ3n) is 3.34. The lowest BCUT2D eigenvalue weighted by molar-refractivity contribution is -0.142. The first-order valence-corrected chi connectivity index (χ1v) is 6.04. The van der Waals surface area contributed by atoms with Crippen LogP contribution >= 0.6 is 12.4 Å². The number of nitrogens with zero attached hydrogens (tertiary/aromatic N) is 1. The maximum Gasteiger partial charge on any atom is 0.325 e. The molecule has 1 aliphatic rings. The molecule has 1 aromatic rings. The molecule has 0 bridgehead atoms. The van der Waals surface area contributed by atoms with E-state index in [1.807, 2.05) is 0 Å². The quantitative estimate of drug-likeness (QED) is 0.697. The summed E-state index contributed by atoms with van der Waals surface area (Å²) in [7, 11) is 0. The van der Waals surface area contributed by atoms with Crippen LogP contribution in [-0.2, 0) is 21.7 Å². The van der Waals surface area contributed by atoms with Crippen LogP contribution in [0, 0.1) is 0 Å². The molecule has 1 atom stereocenters. The smallest absolute Gasteiger partial charge is 0.325 e. The predicted octanol–water partition coefficient (Wildman–Crippen LogP) is 0.419. The van der Waals surface area contributed by atoms with E-state index in [-0.39, 0.29) is 12.4 Å². The maximum atomic E-state index is 12.3. The van der Waals surface area contributed by atoms with Gasteiger partial charge in [-0.25, -0.2) is 4.79 Å². The van der Waals surface area contributed by atoms with Gasteiger partial charge in [-0.05, 0) is 18.1 Å². The van der Waals surface area contributed by atoms with E-state index in [1.165, 1.54) is 0 Å². The third-order valence-corrected chi connectivity index (χ3v) is 3.34. The third kappa shape index (κ3) is 2.98. The van der Waals surface area contributed by atoms with Gasteiger partial charge in [0.2, 0.25) is 0 Å².